The standard InChI is InChI=1S/C24H27N3O2S/c1-5-8-9-17(6-2)19-14-21(18-10-12-20(28)13-11-18)23(22(15-19)25-4)30-16-27-24(29)26-7-3/h5-6,8-15,28H,2,4,7,16H2,1,3H3,(H2,26,27,29)/b8-5-,17-9+. The van der Waals surface area contributed by atoms with Crippen LogP contribution < -0.4 is 10.6 Å². The predicted octanol–water partition coefficient (Wildman–Crippen LogP) is 5.91. The third-order valence-electron chi connectivity index (χ3n) is 4.23. The lowest BCUT2D eigenvalue weighted by Crippen LogP contribution is -2.34. The van der Waals surface area contributed by atoms with E-state index in [1.54, 1.807) is 18.2 Å². The molecule has 0 aromatic heterocycles. The van der Waals surface area contributed by atoms with Crippen LogP contribution in [0.2, 0.25) is 0 Å². The predicted molar refractivity (Wildman–Crippen MR) is 129 cm³/mol. The van der Waals surface area contributed by atoms with Gasteiger partial charge in [-0.05, 0) is 67.1 Å². The van der Waals surface area contributed by atoms with Crippen molar-refractivity contribution in [3.63, 3.8) is 0 Å². The van der Waals surface area contributed by atoms with Gasteiger partial charge in [0.1, 0.15) is 5.75 Å². The van der Waals surface area contributed by atoms with Crippen LogP contribution in [-0.2, 0) is 0 Å². The molecule has 0 bridgehead atoms. The van der Waals surface area contributed by atoms with Crippen molar-refractivity contribution in [1.29, 1.82) is 0 Å². The van der Waals surface area contributed by atoms with Gasteiger partial charge >= 0.3 is 6.03 Å². The zero-order valence-electron chi connectivity index (χ0n) is 17.3. The number of carbonyl (C=O) groups excluding carboxylic acids is 1. The lowest BCUT2D eigenvalue weighted by molar-refractivity contribution is 0.243. The minimum absolute atomic E-state index is 0.198. The van der Waals surface area contributed by atoms with Crippen molar-refractivity contribution in [3.05, 3.63) is 72.8 Å². The summed E-state index contributed by atoms with van der Waals surface area (Å²) in [5.74, 6) is 0.574. The summed E-state index contributed by atoms with van der Waals surface area (Å²) in [6.45, 7) is 12.1. The molecule has 30 heavy (non-hydrogen) atoms. The summed E-state index contributed by atoms with van der Waals surface area (Å²) >= 11 is 1.47. The van der Waals surface area contributed by atoms with Crippen LogP contribution in [0.25, 0.3) is 16.7 Å². The fourth-order valence-corrected chi connectivity index (χ4v) is 3.73. The minimum Gasteiger partial charge on any atom is -0.508 e. The molecule has 0 aliphatic carbocycles. The molecule has 2 rings (SSSR count). The van der Waals surface area contributed by atoms with Gasteiger partial charge in [0.2, 0.25) is 0 Å². The summed E-state index contributed by atoms with van der Waals surface area (Å²) in [5, 5.41) is 15.2. The fourth-order valence-electron chi connectivity index (χ4n) is 2.78. The first-order valence-electron chi connectivity index (χ1n) is 9.58. The van der Waals surface area contributed by atoms with E-state index in [0.717, 1.165) is 27.2 Å². The van der Waals surface area contributed by atoms with Crippen LogP contribution >= 0.6 is 11.8 Å². The quantitative estimate of drug-likeness (QED) is 0.204. The largest absolute Gasteiger partial charge is 0.508 e. The molecule has 0 aliphatic rings. The average molecular weight is 422 g/mol. The first kappa shape index (κ1) is 23.0. The van der Waals surface area contributed by atoms with Crippen molar-refractivity contribution in [3.8, 4) is 16.9 Å². The number of rotatable bonds is 9. The fraction of sp³-hybridized carbons (Fsp3) is 0.167. The van der Waals surface area contributed by atoms with E-state index >= 15 is 0 Å². The van der Waals surface area contributed by atoms with Crippen LogP contribution in [0.4, 0.5) is 10.5 Å². The molecule has 5 nitrogen and oxygen atoms in total. The summed E-state index contributed by atoms with van der Waals surface area (Å²) in [7, 11) is 0. The second-order valence-electron chi connectivity index (χ2n) is 6.25. The molecule has 0 unspecified atom stereocenters. The zero-order valence-corrected chi connectivity index (χ0v) is 18.1. The van der Waals surface area contributed by atoms with E-state index in [0.29, 0.717) is 18.1 Å². The van der Waals surface area contributed by atoms with E-state index in [9.17, 15) is 9.90 Å². The molecule has 156 valence electrons. The van der Waals surface area contributed by atoms with Crippen molar-refractivity contribution >= 4 is 35.8 Å². The Balaban J connectivity index is 2.55. The van der Waals surface area contributed by atoms with Gasteiger partial charge in [-0.1, -0.05) is 43.0 Å². The molecule has 0 saturated carbocycles. The Kier molecular flexibility index (Phi) is 8.97. The number of nitrogens with zero attached hydrogens (tertiary/aromatic N) is 1. The number of amides is 2. The number of benzene rings is 2. The molecule has 2 aromatic rings. The minimum atomic E-state index is -0.218. The summed E-state index contributed by atoms with van der Waals surface area (Å²) in [4.78, 5) is 16.9. The summed E-state index contributed by atoms with van der Waals surface area (Å²) < 4.78 is 0. The van der Waals surface area contributed by atoms with Crippen molar-refractivity contribution in [2.75, 3.05) is 12.4 Å². The molecular weight excluding hydrogens is 394 g/mol. The third kappa shape index (κ3) is 6.12. The van der Waals surface area contributed by atoms with Crippen LogP contribution in [0.15, 0.2) is 77.2 Å². The van der Waals surface area contributed by atoms with E-state index in [2.05, 4.69) is 35.0 Å². The Bertz CT molecular complexity index is 963. The van der Waals surface area contributed by atoms with Gasteiger partial charge in [-0.3, -0.25) is 4.99 Å². The third-order valence-corrected chi connectivity index (χ3v) is 5.23. The molecule has 0 aliphatic heterocycles. The normalized spacial score (nSPS) is 11.3. The number of aromatic hydroxyl groups is 1. The second-order valence-corrected chi connectivity index (χ2v) is 7.24. The van der Waals surface area contributed by atoms with E-state index in [1.165, 1.54) is 11.8 Å². The van der Waals surface area contributed by atoms with Crippen LogP contribution in [0.5, 0.6) is 5.75 Å². The molecule has 0 atom stereocenters. The van der Waals surface area contributed by atoms with Gasteiger partial charge in [-0.2, -0.15) is 0 Å². The highest BCUT2D eigenvalue weighted by atomic mass is 32.2. The molecule has 0 heterocycles. The monoisotopic (exact) mass is 421 g/mol. The van der Waals surface area contributed by atoms with Gasteiger partial charge < -0.3 is 15.7 Å². The van der Waals surface area contributed by atoms with E-state index in [4.69, 9.17) is 0 Å². The van der Waals surface area contributed by atoms with Crippen molar-refractivity contribution in [2.45, 2.75) is 18.7 Å². The molecule has 0 spiro atoms. The SMILES string of the molecule is C=C/C(=C\C=C/C)c1cc(N=C)c(SCNC(=O)NCC)c(-c2ccc(O)cc2)c1. The first-order chi connectivity index (χ1) is 14.5. The molecule has 0 saturated heterocycles. The van der Waals surface area contributed by atoms with Gasteiger partial charge in [-0.25, -0.2) is 4.79 Å². The summed E-state index contributed by atoms with van der Waals surface area (Å²) in [5.41, 5.74) is 4.48. The molecule has 6 heteroatoms. The van der Waals surface area contributed by atoms with Crippen LogP contribution in [-0.4, -0.2) is 30.3 Å². The highest BCUT2D eigenvalue weighted by molar-refractivity contribution is 7.99. The highest BCUT2D eigenvalue weighted by Gasteiger charge is 2.15. The second kappa shape index (κ2) is 11.7. The average Bonchev–Trinajstić information content (AvgIpc) is 2.75. The molecule has 2 amide bonds. The Morgan fingerprint density at radius 2 is 1.97 bits per heavy atom. The number of thioether (sulfide) groups is 1. The molecular formula is C24H27N3O2S. The Morgan fingerprint density at radius 1 is 1.23 bits per heavy atom. The molecule has 0 fully saturated rings. The van der Waals surface area contributed by atoms with Gasteiger partial charge in [0.05, 0.1) is 11.6 Å². The molecule has 2 aromatic carbocycles. The van der Waals surface area contributed by atoms with Gasteiger partial charge in [0.15, 0.2) is 0 Å². The van der Waals surface area contributed by atoms with E-state index in [1.807, 2.05) is 50.3 Å². The Hall–Kier alpha value is -3.25. The molecule has 3 N–H and O–H groups in total. The van der Waals surface area contributed by atoms with Crippen LogP contribution in [0.1, 0.15) is 19.4 Å². The maximum absolute atomic E-state index is 11.7. The molecule has 0 radical (unpaired) electrons. The summed E-state index contributed by atoms with van der Waals surface area (Å²) in [6, 6.07) is 10.8. The number of aliphatic imine (C=N–C) groups is 1. The smallest absolute Gasteiger partial charge is 0.315 e. The number of phenolic OH excluding ortho intramolecular Hbond substituents is 1. The number of urea groups is 1. The van der Waals surface area contributed by atoms with Crippen molar-refractivity contribution in [2.24, 2.45) is 4.99 Å². The van der Waals surface area contributed by atoms with Crippen LogP contribution in [0, 0.1) is 0 Å². The van der Waals surface area contributed by atoms with E-state index in [-0.39, 0.29) is 11.8 Å². The summed E-state index contributed by atoms with van der Waals surface area (Å²) in [6.07, 6.45) is 7.69. The number of nitrogens with one attached hydrogen (secondary N) is 2. The van der Waals surface area contributed by atoms with Gasteiger partial charge in [0.25, 0.3) is 0 Å². The Labute approximate surface area is 182 Å². The highest BCUT2D eigenvalue weighted by Crippen LogP contribution is 2.41. The van der Waals surface area contributed by atoms with Crippen LogP contribution in [0.3, 0.4) is 0 Å². The number of hydrogen-bond donors (Lipinski definition) is 3. The van der Waals surface area contributed by atoms with Gasteiger partial charge in [0, 0.05) is 11.4 Å². The maximum Gasteiger partial charge on any atom is 0.315 e. The van der Waals surface area contributed by atoms with E-state index < -0.39 is 0 Å². The van der Waals surface area contributed by atoms with Gasteiger partial charge in [-0.15, -0.1) is 11.8 Å². The number of carbonyl (C=O) groups is 1. The Morgan fingerprint density at radius 3 is 2.57 bits per heavy atom. The van der Waals surface area contributed by atoms with Crippen molar-refractivity contribution in [1.82, 2.24) is 10.6 Å². The number of hydrogen-bond acceptors (Lipinski definition) is 4. The lowest BCUT2D eigenvalue weighted by atomic mass is 9.97. The topological polar surface area (TPSA) is 73.7 Å². The van der Waals surface area contributed by atoms with Crippen molar-refractivity contribution < 1.29 is 9.90 Å². The first-order valence-corrected chi connectivity index (χ1v) is 10.6. The number of allylic oxidation sites excluding steroid dienone is 5. The zero-order chi connectivity index (χ0) is 21.9. The lowest BCUT2D eigenvalue weighted by Gasteiger charge is -2.16. The number of phenols is 1. The maximum atomic E-state index is 11.7.